The number of esters is 4. The molecule has 0 aromatic heterocycles. The Bertz CT molecular complexity index is 1670. The number of alkyl carbamates (subject to hydrolysis) is 1. The first-order valence-corrected chi connectivity index (χ1v) is 20.0. The Morgan fingerprint density at radius 1 is 0.947 bits per heavy atom. The topological polar surface area (TPSA) is 231 Å². The predicted molar refractivity (Wildman–Crippen MR) is 199 cm³/mol. The molecule has 3 aliphatic carbocycles. The van der Waals surface area contributed by atoms with E-state index in [2.05, 4.69) is 5.32 Å². The summed E-state index contributed by atoms with van der Waals surface area (Å²) in [5, 5.41) is 39.6. The molecule has 320 valence electrons. The van der Waals surface area contributed by atoms with Crippen LogP contribution in [0.2, 0.25) is 0 Å². The summed E-state index contributed by atoms with van der Waals surface area (Å²) in [5.41, 5.74) is -8.20. The molecular formula is C41H61NO15. The molecule has 1 amide bonds. The zero-order chi connectivity index (χ0) is 42.6. The van der Waals surface area contributed by atoms with Gasteiger partial charge in [-0.05, 0) is 58.1 Å². The van der Waals surface area contributed by atoms with E-state index in [-0.39, 0.29) is 42.9 Å². The highest BCUT2D eigenvalue weighted by atomic mass is 16.6. The van der Waals surface area contributed by atoms with Crippen LogP contribution in [-0.2, 0) is 52.4 Å². The molecule has 2 heterocycles. The van der Waals surface area contributed by atoms with E-state index in [1.54, 1.807) is 41.5 Å². The monoisotopic (exact) mass is 807 g/mol. The van der Waals surface area contributed by atoms with Crippen molar-refractivity contribution in [1.29, 1.82) is 0 Å². The van der Waals surface area contributed by atoms with E-state index in [9.17, 15) is 39.3 Å². The minimum atomic E-state index is -2.30. The van der Waals surface area contributed by atoms with Gasteiger partial charge in [0.05, 0.1) is 30.1 Å². The van der Waals surface area contributed by atoms with Crippen LogP contribution in [-0.4, -0.2) is 117 Å². The third-order valence-electron chi connectivity index (χ3n) is 13.0. The summed E-state index contributed by atoms with van der Waals surface area (Å²) in [6, 6.07) is -1.14. The van der Waals surface area contributed by atoms with E-state index in [4.69, 9.17) is 28.4 Å². The van der Waals surface area contributed by atoms with Gasteiger partial charge in [-0.3, -0.25) is 19.2 Å². The molecule has 0 radical (unpaired) electrons. The zero-order valence-electron chi connectivity index (χ0n) is 34.8. The molecule has 0 unspecified atom stereocenters. The van der Waals surface area contributed by atoms with Gasteiger partial charge in [0.2, 0.25) is 0 Å². The highest BCUT2D eigenvalue weighted by Gasteiger charge is 2.78. The van der Waals surface area contributed by atoms with Crippen LogP contribution in [0, 0.1) is 22.7 Å². The first-order valence-electron chi connectivity index (χ1n) is 20.0. The number of ether oxygens (including phenoxy) is 6. The highest BCUT2D eigenvalue weighted by Crippen LogP contribution is 2.64. The third kappa shape index (κ3) is 8.07. The summed E-state index contributed by atoms with van der Waals surface area (Å²) >= 11 is 0. The van der Waals surface area contributed by atoms with E-state index in [1.165, 1.54) is 13.8 Å². The molecule has 4 fully saturated rings. The second kappa shape index (κ2) is 15.9. The summed E-state index contributed by atoms with van der Waals surface area (Å²) < 4.78 is 35.5. The minimum absolute atomic E-state index is 0.0416. The number of aliphatic hydroxyl groups is 3. The van der Waals surface area contributed by atoms with Crippen molar-refractivity contribution in [2.24, 2.45) is 22.7 Å². The van der Waals surface area contributed by atoms with Gasteiger partial charge in [-0.15, -0.1) is 0 Å². The van der Waals surface area contributed by atoms with Crippen LogP contribution >= 0.6 is 0 Å². The van der Waals surface area contributed by atoms with Gasteiger partial charge in [-0.1, -0.05) is 46.5 Å². The number of carbonyl (C=O) groups excluding carboxylic acids is 6. The molecule has 12 atom stereocenters. The van der Waals surface area contributed by atoms with Crippen molar-refractivity contribution in [2.75, 3.05) is 6.61 Å². The van der Waals surface area contributed by atoms with Crippen molar-refractivity contribution >= 4 is 35.8 Å². The molecule has 0 spiro atoms. The van der Waals surface area contributed by atoms with E-state index in [0.29, 0.717) is 25.7 Å². The molecule has 16 nitrogen and oxygen atoms in total. The molecule has 16 heteroatoms. The summed E-state index contributed by atoms with van der Waals surface area (Å²) in [6.45, 7) is 15.0. The lowest BCUT2D eigenvalue weighted by Gasteiger charge is -2.67. The van der Waals surface area contributed by atoms with Gasteiger partial charge >= 0.3 is 30.0 Å². The standard InChI is InChI=1S/C41H61NO15/c1-20-14-12-11-13-15-24(42-36(50)57-37(5,6)7)30(47)35(49)54-25-18-41(51)34(55-28(46)16-20)32-39(10,26(45)17-27-40(32,19-52-27)56-23(4)44)33(48)31(53-22(3)43)29(21(25)2)38(41,8)9/h20,24-27,30-32,34,45,47,51H,11-19H2,1-10H3,(H,42,50)/t20-,24+,25-,26-,27+,30-,31-,32-,34+,39+,40+,41-/m0/s1. The summed E-state index contributed by atoms with van der Waals surface area (Å²) in [6.07, 6.45) is -8.38. The fraction of sp³-hybridized carbons (Fsp3) is 0.805. The van der Waals surface area contributed by atoms with Crippen LogP contribution < -0.4 is 5.32 Å². The Hall–Kier alpha value is -3.60. The molecule has 5 aliphatic rings. The van der Waals surface area contributed by atoms with Crippen LogP contribution in [0.3, 0.4) is 0 Å². The summed E-state index contributed by atoms with van der Waals surface area (Å²) in [7, 11) is 0. The van der Waals surface area contributed by atoms with Crippen molar-refractivity contribution in [3.8, 4) is 0 Å². The molecule has 2 saturated carbocycles. The Balaban J connectivity index is 1.75. The molecule has 2 aliphatic heterocycles. The molecule has 2 saturated heterocycles. The fourth-order valence-corrected chi connectivity index (χ4v) is 10.0. The van der Waals surface area contributed by atoms with E-state index >= 15 is 4.79 Å². The van der Waals surface area contributed by atoms with E-state index in [0.717, 1.165) is 6.92 Å². The number of rotatable bonds is 3. The van der Waals surface area contributed by atoms with Crippen LogP contribution in [0.25, 0.3) is 0 Å². The molecule has 5 rings (SSSR count). The SMILES string of the molecule is CC(=O)O[C@@H]1C(=O)[C@@]2(C)[C@H]([C@H]3OC(=O)C[C@@H](C)CCCCC[C@@H](NC(=O)OC(C)(C)C)[C@H](O)C(=O)O[C@H]4C[C@@]3(O)C(C)(C)C1=C4C)[C@@]1(OC(C)=O)CO[C@@H]1C[C@@H]2O. The molecule has 57 heavy (non-hydrogen) atoms. The number of nitrogens with one attached hydrogen (secondary N) is 1. The van der Waals surface area contributed by atoms with Crippen LogP contribution in [0.5, 0.6) is 0 Å². The first kappa shape index (κ1) is 44.5. The number of aliphatic hydroxyl groups excluding tert-OH is 2. The molecular weight excluding hydrogens is 746 g/mol. The number of carbonyl (C=O) groups is 6. The maximum Gasteiger partial charge on any atom is 0.407 e. The third-order valence-corrected chi connectivity index (χ3v) is 13.0. The lowest BCUT2D eigenvalue weighted by molar-refractivity contribution is -0.347. The number of amides is 1. The largest absolute Gasteiger partial charge is 0.459 e. The number of hydrogen-bond acceptors (Lipinski definition) is 15. The van der Waals surface area contributed by atoms with Gasteiger partial charge in [-0.2, -0.15) is 0 Å². The van der Waals surface area contributed by atoms with E-state index in [1.807, 2.05) is 6.92 Å². The lowest BCUT2D eigenvalue weighted by atomic mass is 9.44. The van der Waals surface area contributed by atoms with Crippen molar-refractivity contribution < 1.29 is 72.5 Å². The summed E-state index contributed by atoms with van der Waals surface area (Å²) in [4.78, 5) is 82.1. The van der Waals surface area contributed by atoms with Gasteiger partial charge in [0.25, 0.3) is 0 Å². The number of fused-ring (bicyclic) bond motifs is 6. The number of Topliss-reactive ketones (excluding diaryl/α,β-unsaturated/α-hetero) is 1. The van der Waals surface area contributed by atoms with Gasteiger partial charge in [-0.25, -0.2) is 9.59 Å². The maximum absolute atomic E-state index is 15.3. The Kier molecular flexibility index (Phi) is 12.4. The average molecular weight is 808 g/mol. The van der Waals surface area contributed by atoms with Gasteiger partial charge in [0, 0.05) is 38.5 Å². The van der Waals surface area contributed by atoms with Crippen molar-refractivity contribution in [3.05, 3.63) is 11.1 Å². The predicted octanol–water partition coefficient (Wildman–Crippen LogP) is 3.13. The van der Waals surface area contributed by atoms with Crippen LogP contribution in [0.4, 0.5) is 4.79 Å². The molecule has 0 aromatic carbocycles. The summed E-state index contributed by atoms with van der Waals surface area (Å²) in [5.74, 6) is -6.01. The highest BCUT2D eigenvalue weighted by molar-refractivity contribution is 5.95. The Morgan fingerprint density at radius 3 is 2.18 bits per heavy atom. The zero-order valence-corrected chi connectivity index (χ0v) is 34.8. The van der Waals surface area contributed by atoms with Crippen LogP contribution in [0.15, 0.2) is 11.1 Å². The quantitative estimate of drug-likeness (QED) is 0.182. The van der Waals surface area contributed by atoms with Crippen LogP contribution in [0.1, 0.15) is 121 Å². The van der Waals surface area contributed by atoms with Crippen molar-refractivity contribution in [1.82, 2.24) is 5.32 Å². The fourth-order valence-electron chi connectivity index (χ4n) is 10.0. The minimum Gasteiger partial charge on any atom is -0.459 e. The van der Waals surface area contributed by atoms with Gasteiger partial charge in [0.1, 0.15) is 29.5 Å². The van der Waals surface area contributed by atoms with Crippen molar-refractivity contribution in [2.45, 2.75) is 180 Å². The second-order valence-corrected chi connectivity index (χ2v) is 18.5. The average Bonchev–Trinajstić information content (AvgIpc) is 3.07. The maximum atomic E-state index is 15.3. The Morgan fingerprint density at radius 2 is 1.60 bits per heavy atom. The molecule has 0 aromatic rings. The van der Waals surface area contributed by atoms with Crippen molar-refractivity contribution in [3.63, 3.8) is 0 Å². The molecule has 4 N–H and O–H groups in total. The number of ketones is 1. The smallest absolute Gasteiger partial charge is 0.407 e. The number of hydrogen-bond donors (Lipinski definition) is 4. The normalized spacial score (nSPS) is 40.0. The Labute approximate surface area is 333 Å². The van der Waals surface area contributed by atoms with E-state index < -0.39 is 118 Å². The van der Waals surface area contributed by atoms with Gasteiger partial charge in [0.15, 0.2) is 23.6 Å². The van der Waals surface area contributed by atoms with Gasteiger partial charge < -0.3 is 49.1 Å². The second-order valence-electron chi connectivity index (χ2n) is 18.5. The first-order chi connectivity index (χ1) is 26.3. The molecule has 3 bridgehead atoms. The lowest BCUT2D eigenvalue weighted by Crippen LogP contribution is -2.82.